The summed E-state index contributed by atoms with van der Waals surface area (Å²) >= 11 is 5.79. The summed E-state index contributed by atoms with van der Waals surface area (Å²) in [4.78, 5) is 26.6. The lowest BCUT2D eigenvalue weighted by atomic mass is 9.85. The molecular formula is C19H28ClNO4. The van der Waals surface area contributed by atoms with Crippen LogP contribution in [0.25, 0.3) is 0 Å². The second kappa shape index (κ2) is 10.3. The van der Waals surface area contributed by atoms with Crippen molar-refractivity contribution in [1.82, 2.24) is 4.90 Å². The fraction of sp³-hybridized carbons (Fsp3) is 0.579. The first kappa shape index (κ1) is 21.3. The Hall–Kier alpha value is -1.75. The SMILES string of the molecule is CCOC(=O)[C@@H](N(CCCCl)C(=O)OCc1ccccc1)C(C)(C)C. The molecule has 140 valence electrons. The lowest BCUT2D eigenvalue weighted by Crippen LogP contribution is -2.53. The highest BCUT2D eigenvalue weighted by atomic mass is 35.5. The first-order valence-corrected chi connectivity index (χ1v) is 9.04. The Kier molecular flexibility index (Phi) is 8.76. The van der Waals surface area contributed by atoms with Crippen molar-refractivity contribution in [2.24, 2.45) is 5.41 Å². The number of benzene rings is 1. The molecule has 0 fully saturated rings. The third kappa shape index (κ3) is 6.94. The standard InChI is InChI=1S/C19H28ClNO4/c1-5-24-17(22)16(19(2,3)4)21(13-9-12-20)18(23)25-14-15-10-7-6-8-11-15/h6-8,10-11,16H,5,9,12-14H2,1-4H3/t16-/m1/s1. The van der Waals surface area contributed by atoms with Crippen molar-refractivity contribution >= 4 is 23.7 Å². The number of carbonyl (C=O) groups excluding carboxylic acids is 2. The van der Waals surface area contributed by atoms with Gasteiger partial charge in [0, 0.05) is 12.4 Å². The summed E-state index contributed by atoms with van der Waals surface area (Å²) in [7, 11) is 0. The molecule has 1 amide bonds. The van der Waals surface area contributed by atoms with Gasteiger partial charge in [0.25, 0.3) is 0 Å². The van der Waals surface area contributed by atoms with Crippen LogP contribution >= 0.6 is 11.6 Å². The van der Waals surface area contributed by atoms with E-state index in [0.717, 1.165) is 5.56 Å². The number of alkyl halides is 1. The fourth-order valence-electron chi connectivity index (χ4n) is 2.53. The quantitative estimate of drug-likeness (QED) is 0.508. The van der Waals surface area contributed by atoms with Gasteiger partial charge in [-0.05, 0) is 24.3 Å². The Balaban J connectivity index is 2.94. The molecule has 0 aliphatic heterocycles. The maximum absolute atomic E-state index is 12.7. The Bertz CT molecular complexity index is 542. The van der Waals surface area contributed by atoms with E-state index in [2.05, 4.69) is 0 Å². The van der Waals surface area contributed by atoms with E-state index in [9.17, 15) is 9.59 Å². The zero-order chi connectivity index (χ0) is 18.9. The highest BCUT2D eigenvalue weighted by molar-refractivity contribution is 6.17. The van der Waals surface area contributed by atoms with E-state index in [-0.39, 0.29) is 13.2 Å². The maximum Gasteiger partial charge on any atom is 0.410 e. The van der Waals surface area contributed by atoms with Crippen LogP contribution in [0.3, 0.4) is 0 Å². The first-order chi connectivity index (χ1) is 11.8. The first-order valence-electron chi connectivity index (χ1n) is 8.51. The molecule has 0 saturated heterocycles. The van der Waals surface area contributed by atoms with E-state index >= 15 is 0 Å². The minimum Gasteiger partial charge on any atom is -0.464 e. The maximum atomic E-state index is 12.7. The van der Waals surface area contributed by atoms with Gasteiger partial charge in [0.1, 0.15) is 12.6 Å². The molecule has 0 spiro atoms. The molecule has 0 unspecified atom stereocenters. The van der Waals surface area contributed by atoms with Crippen molar-refractivity contribution in [3.63, 3.8) is 0 Å². The Morgan fingerprint density at radius 2 is 1.80 bits per heavy atom. The summed E-state index contributed by atoms with van der Waals surface area (Å²) in [5.41, 5.74) is 0.390. The molecule has 5 nitrogen and oxygen atoms in total. The van der Waals surface area contributed by atoms with Crippen LogP contribution in [-0.2, 0) is 20.9 Å². The van der Waals surface area contributed by atoms with Gasteiger partial charge in [-0.15, -0.1) is 11.6 Å². The number of esters is 1. The monoisotopic (exact) mass is 369 g/mol. The van der Waals surface area contributed by atoms with Gasteiger partial charge in [-0.25, -0.2) is 9.59 Å². The summed E-state index contributed by atoms with van der Waals surface area (Å²) in [5.74, 6) is -0.0384. The molecule has 6 heteroatoms. The number of hydrogen-bond donors (Lipinski definition) is 0. The van der Waals surface area contributed by atoms with Gasteiger partial charge in [0.05, 0.1) is 6.61 Å². The van der Waals surface area contributed by atoms with Crippen LogP contribution < -0.4 is 0 Å². The number of amides is 1. The average molecular weight is 370 g/mol. The van der Waals surface area contributed by atoms with Crippen LogP contribution in [0.4, 0.5) is 4.79 Å². The van der Waals surface area contributed by atoms with Gasteiger partial charge in [-0.2, -0.15) is 0 Å². The topological polar surface area (TPSA) is 55.8 Å². The second-order valence-corrected chi connectivity index (χ2v) is 7.17. The van der Waals surface area contributed by atoms with E-state index in [1.54, 1.807) is 6.92 Å². The number of nitrogens with zero attached hydrogens (tertiary/aromatic N) is 1. The van der Waals surface area contributed by atoms with Crippen molar-refractivity contribution in [2.45, 2.75) is 46.8 Å². The number of rotatable bonds is 8. The normalized spacial score (nSPS) is 12.4. The average Bonchev–Trinajstić information content (AvgIpc) is 2.56. The summed E-state index contributed by atoms with van der Waals surface area (Å²) in [5, 5.41) is 0. The molecule has 1 atom stereocenters. The molecule has 0 heterocycles. The molecule has 1 aromatic carbocycles. The van der Waals surface area contributed by atoms with Crippen LogP contribution in [-0.4, -0.2) is 42.0 Å². The smallest absolute Gasteiger partial charge is 0.410 e. The molecule has 25 heavy (non-hydrogen) atoms. The third-order valence-electron chi connectivity index (χ3n) is 3.61. The van der Waals surface area contributed by atoms with Gasteiger partial charge in [0.2, 0.25) is 0 Å². The van der Waals surface area contributed by atoms with Crippen molar-refractivity contribution in [3.05, 3.63) is 35.9 Å². The third-order valence-corrected chi connectivity index (χ3v) is 3.88. The van der Waals surface area contributed by atoms with Gasteiger partial charge in [-0.3, -0.25) is 4.90 Å². The van der Waals surface area contributed by atoms with Crippen LogP contribution in [0.15, 0.2) is 30.3 Å². The lowest BCUT2D eigenvalue weighted by Gasteiger charge is -2.37. The second-order valence-electron chi connectivity index (χ2n) is 6.80. The van der Waals surface area contributed by atoms with E-state index in [1.807, 2.05) is 51.1 Å². The molecule has 1 aromatic rings. The van der Waals surface area contributed by atoms with E-state index < -0.39 is 23.5 Å². The van der Waals surface area contributed by atoms with Gasteiger partial charge in [-0.1, -0.05) is 51.1 Å². The van der Waals surface area contributed by atoms with Crippen molar-refractivity contribution in [2.75, 3.05) is 19.0 Å². The Labute approximate surface area is 155 Å². The molecule has 0 N–H and O–H groups in total. The predicted octanol–water partition coefficient (Wildman–Crippen LogP) is 4.23. The lowest BCUT2D eigenvalue weighted by molar-refractivity contribution is -0.153. The largest absolute Gasteiger partial charge is 0.464 e. The highest BCUT2D eigenvalue weighted by Crippen LogP contribution is 2.27. The van der Waals surface area contributed by atoms with Crippen molar-refractivity contribution < 1.29 is 19.1 Å². The van der Waals surface area contributed by atoms with Crippen LogP contribution in [0, 0.1) is 5.41 Å². The molecular weight excluding hydrogens is 342 g/mol. The number of halogens is 1. The van der Waals surface area contributed by atoms with Crippen LogP contribution in [0.2, 0.25) is 0 Å². The van der Waals surface area contributed by atoms with E-state index in [4.69, 9.17) is 21.1 Å². The highest BCUT2D eigenvalue weighted by Gasteiger charge is 2.40. The van der Waals surface area contributed by atoms with Gasteiger partial charge >= 0.3 is 12.1 Å². The van der Waals surface area contributed by atoms with Crippen LogP contribution in [0.5, 0.6) is 0 Å². The molecule has 0 bridgehead atoms. The Morgan fingerprint density at radius 3 is 2.32 bits per heavy atom. The number of ether oxygens (including phenoxy) is 2. The molecule has 0 saturated carbocycles. The van der Waals surface area contributed by atoms with E-state index in [0.29, 0.717) is 18.8 Å². The summed E-state index contributed by atoms with van der Waals surface area (Å²) in [6.45, 7) is 8.17. The molecule has 0 aromatic heterocycles. The summed E-state index contributed by atoms with van der Waals surface area (Å²) < 4.78 is 10.6. The Morgan fingerprint density at radius 1 is 1.16 bits per heavy atom. The van der Waals surface area contributed by atoms with Crippen molar-refractivity contribution in [3.8, 4) is 0 Å². The minimum absolute atomic E-state index is 0.150. The molecule has 0 aliphatic rings. The minimum atomic E-state index is -0.737. The fourth-order valence-corrected chi connectivity index (χ4v) is 2.65. The zero-order valence-electron chi connectivity index (χ0n) is 15.5. The van der Waals surface area contributed by atoms with Crippen LogP contribution in [0.1, 0.15) is 39.7 Å². The molecule has 0 radical (unpaired) electrons. The zero-order valence-corrected chi connectivity index (χ0v) is 16.2. The number of hydrogen-bond acceptors (Lipinski definition) is 4. The summed E-state index contributed by atoms with van der Waals surface area (Å²) in [6, 6.07) is 8.68. The van der Waals surface area contributed by atoms with Crippen molar-refractivity contribution in [1.29, 1.82) is 0 Å². The molecule has 1 rings (SSSR count). The van der Waals surface area contributed by atoms with Gasteiger partial charge in [0.15, 0.2) is 0 Å². The molecule has 0 aliphatic carbocycles. The van der Waals surface area contributed by atoms with E-state index in [1.165, 1.54) is 4.90 Å². The summed E-state index contributed by atoms with van der Waals surface area (Å²) in [6.07, 6.45) is 0.0236. The number of carbonyl (C=O) groups is 2. The van der Waals surface area contributed by atoms with Gasteiger partial charge < -0.3 is 9.47 Å². The predicted molar refractivity (Wildman–Crippen MR) is 98.5 cm³/mol.